The second kappa shape index (κ2) is 6.86. The molecule has 0 bridgehead atoms. The predicted molar refractivity (Wildman–Crippen MR) is 86.3 cm³/mol. The highest BCUT2D eigenvalue weighted by atomic mass is 31.1. The Kier molecular flexibility index (Phi) is 5.42. The molecule has 1 aromatic rings. The zero-order chi connectivity index (χ0) is 13.8. The maximum Gasteiger partial charge on any atom is 0.0132 e. The van der Waals surface area contributed by atoms with Crippen molar-refractivity contribution in [2.45, 2.75) is 13.0 Å². The molecule has 0 aromatic heterocycles. The van der Waals surface area contributed by atoms with Crippen LogP contribution in [0.2, 0.25) is 0 Å². The highest BCUT2D eigenvalue weighted by Gasteiger charge is 2.34. The highest BCUT2D eigenvalue weighted by Crippen LogP contribution is 2.44. The zero-order valence-electron chi connectivity index (χ0n) is 12.3. The first-order valence-corrected chi connectivity index (χ1v) is 8.74. The van der Waals surface area contributed by atoms with E-state index in [1.165, 1.54) is 23.3 Å². The Balaban J connectivity index is 1.98. The molecular formula is C17H23NP. The molecule has 1 fully saturated rings. The Hall–Kier alpha value is -0.390. The molecule has 2 rings (SSSR count). The molecule has 1 aromatic carbocycles. The molecule has 101 valence electrons. The fourth-order valence-electron chi connectivity index (χ4n) is 2.33. The number of rotatable bonds is 5. The molecule has 1 unspecified atom stereocenters. The van der Waals surface area contributed by atoms with Crippen LogP contribution in [0.1, 0.15) is 6.92 Å². The third-order valence-electron chi connectivity index (χ3n) is 3.77. The van der Waals surface area contributed by atoms with Crippen LogP contribution < -0.4 is 5.30 Å². The molecule has 5 radical (unpaired) electrons. The van der Waals surface area contributed by atoms with E-state index in [4.69, 9.17) is 0 Å². The predicted octanol–water partition coefficient (Wildman–Crippen LogP) is 3.15. The van der Waals surface area contributed by atoms with Gasteiger partial charge in [0.2, 0.25) is 0 Å². The summed E-state index contributed by atoms with van der Waals surface area (Å²) >= 11 is 0. The first-order valence-electron chi connectivity index (χ1n) is 6.76. The number of nitrogens with zero attached hydrogens (tertiary/aromatic N) is 1. The molecule has 0 N–H and O–H groups in total. The van der Waals surface area contributed by atoms with E-state index >= 15 is 0 Å². The van der Waals surface area contributed by atoms with Gasteiger partial charge in [-0.3, -0.25) is 0 Å². The van der Waals surface area contributed by atoms with Crippen molar-refractivity contribution in [3.8, 4) is 0 Å². The Morgan fingerprint density at radius 3 is 2.42 bits per heavy atom. The molecule has 1 aliphatic rings. The van der Waals surface area contributed by atoms with Crippen molar-refractivity contribution in [3.05, 3.63) is 61.4 Å². The maximum atomic E-state index is 2.38. The van der Waals surface area contributed by atoms with Gasteiger partial charge in [0.25, 0.3) is 0 Å². The van der Waals surface area contributed by atoms with Crippen LogP contribution in [0.3, 0.4) is 0 Å². The number of benzene rings is 1. The Morgan fingerprint density at radius 2 is 1.79 bits per heavy atom. The summed E-state index contributed by atoms with van der Waals surface area (Å²) in [5.74, 6) is 2.99. The van der Waals surface area contributed by atoms with Gasteiger partial charge < -0.3 is 4.90 Å². The summed E-state index contributed by atoms with van der Waals surface area (Å²) in [6.07, 6.45) is 7.93. The van der Waals surface area contributed by atoms with E-state index in [1.807, 2.05) is 0 Å². The molecule has 0 saturated heterocycles. The van der Waals surface area contributed by atoms with Crippen molar-refractivity contribution >= 4 is 13.2 Å². The summed E-state index contributed by atoms with van der Waals surface area (Å²) in [5.41, 5.74) is 0. The zero-order valence-corrected chi connectivity index (χ0v) is 13.2. The Labute approximate surface area is 120 Å². The van der Waals surface area contributed by atoms with E-state index in [1.54, 1.807) is 0 Å². The summed E-state index contributed by atoms with van der Waals surface area (Å²) in [6, 6.07) is 11.4. The van der Waals surface area contributed by atoms with Crippen LogP contribution in [0.25, 0.3) is 0 Å². The largest absolute Gasteiger partial charge is 0.306 e. The molecule has 2 heteroatoms. The van der Waals surface area contributed by atoms with Crippen LogP contribution in [0.5, 0.6) is 0 Å². The van der Waals surface area contributed by atoms with Gasteiger partial charge in [-0.2, -0.15) is 0 Å². The third-order valence-corrected chi connectivity index (χ3v) is 5.77. The average Bonchev–Trinajstić information content (AvgIpc) is 2.86. The fourth-order valence-corrected chi connectivity index (χ4v) is 3.99. The topological polar surface area (TPSA) is 3.24 Å². The molecular weight excluding hydrogens is 249 g/mol. The maximum absolute atomic E-state index is 2.38. The standard InChI is InChI=1S/C17H23NP/c1-14(18(2)3)17-12-8-9-15(17)13-19(4)16-10-6-5-7-11-16/h5-12,14H,13H2,1-4H3/t14-,19?/m1/s1. The molecule has 0 aliphatic heterocycles. The molecule has 0 heterocycles. The molecule has 0 amide bonds. The van der Waals surface area contributed by atoms with Crippen molar-refractivity contribution in [1.29, 1.82) is 0 Å². The second-order valence-corrected chi connectivity index (χ2v) is 7.57. The summed E-state index contributed by atoms with van der Waals surface area (Å²) in [5, 5.41) is 1.49. The molecule has 1 saturated carbocycles. The van der Waals surface area contributed by atoms with Gasteiger partial charge in [-0.05, 0) is 64.3 Å². The van der Waals surface area contributed by atoms with Gasteiger partial charge in [-0.1, -0.05) is 38.3 Å². The van der Waals surface area contributed by atoms with Crippen LogP contribution in [0.4, 0.5) is 0 Å². The van der Waals surface area contributed by atoms with E-state index < -0.39 is 0 Å². The minimum Gasteiger partial charge on any atom is -0.306 e. The van der Waals surface area contributed by atoms with Crippen molar-refractivity contribution in [3.63, 3.8) is 0 Å². The van der Waals surface area contributed by atoms with Crippen molar-refractivity contribution in [1.82, 2.24) is 4.90 Å². The summed E-state index contributed by atoms with van der Waals surface area (Å²) < 4.78 is 0. The molecule has 2 atom stereocenters. The average molecular weight is 272 g/mol. The minimum absolute atomic E-state index is 0.105. The van der Waals surface area contributed by atoms with Crippen molar-refractivity contribution in [2.24, 2.45) is 0 Å². The second-order valence-electron chi connectivity index (χ2n) is 5.34. The van der Waals surface area contributed by atoms with E-state index in [-0.39, 0.29) is 7.92 Å². The van der Waals surface area contributed by atoms with E-state index in [0.29, 0.717) is 6.04 Å². The van der Waals surface area contributed by atoms with Gasteiger partial charge in [0.1, 0.15) is 0 Å². The van der Waals surface area contributed by atoms with Gasteiger partial charge >= 0.3 is 0 Å². The number of hydrogen-bond donors (Lipinski definition) is 0. The Morgan fingerprint density at radius 1 is 1.11 bits per heavy atom. The van der Waals surface area contributed by atoms with Gasteiger partial charge in [-0.25, -0.2) is 0 Å². The summed E-state index contributed by atoms with van der Waals surface area (Å²) in [4.78, 5) is 2.28. The monoisotopic (exact) mass is 272 g/mol. The van der Waals surface area contributed by atoms with E-state index in [9.17, 15) is 0 Å². The molecule has 0 spiro atoms. The van der Waals surface area contributed by atoms with Crippen LogP contribution >= 0.6 is 7.92 Å². The van der Waals surface area contributed by atoms with Crippen LogP contribution in [0.15, 0.2) is 30.3 Å². The SMILES string of the molecule is C[C@H]([C]1[CH][CH][CH][C]1CP(C)c1ccccc1)N(C)C. The molecule has 1 nitrogen and oxygen atoms in total. The summed E-state index contributed by atoms with van der Waals surface area (Å²) in [6.45, 7) is 4.65. The van der Waals surface area contributed by atoms with Gasteiger partial charge in [0, 0.05) is 12.0 Å². The van der Waals surface area contributed by atoms with E-state index in [0.717, 1.165) is 0 Å². The first kappa shape index (κ1) is 15.0. The minimum atomic E-state index is -0.105. The lowest BCUT2D eigenvalue weighted by Gasteiger charge is -2.31. The fraction of sp³-hybridized carbons (Fsp3) is 0.353. The van der Waals surface area contributed by atoms with Gasteiger partial charge in [0.15, 0.2) is 0 Å². The van der Waals surface area contributed by atoms with Crippen LogP contribution in [-0.4, -0.2) is 37.9 Å². The Bertz CT molecular complexity index is 376. The smallest absolute Gasteiger partial charge is 0.0132 e. The first-order chi connectivity index (χ1) is 9.09. The van der Waals surface area contributed by atoms with Gasteiger partial charge in [-0.15, -0.1) is 0 Å². The van der Waals surface area contributed by atoms with Crippen molar-refractivity contribution < 1.29 is 0 Å². The highest BCUT2D eigenvalue weighted by molar-refractivity contribution is 7.65. The van der Waals surface area contributed by atoms with Crippen LogP contribution in [0, 0.1) is 31.1 Å². The van der Waals surface area contributed by atoms with Crippen molar-refractivity contribution in [2.75, 3.05) is 26.9 Å². The van der Waals surface area contributed by atoms with E-state index in [2.05, 4.69) is 82.2 Å². The normalized spacial score (nSPS) is 20.9. The lowest BCUT2D eigenvalue weighted by Crippen LogP contribution is -2.33. The summed E-state index contributed by atoms with van der Waals surface area (Å²) in [7, 11) is 4.19. The lowest BCUT2D eigenvalue weighted by atomic mass is 9.90. The molecule has 1 aliphatic carbocycles. The quantitative estimate of drug-likeness (QED) is 0.744. The van der Waals surface area contributed by atoms with Crippen LogP contribution in [-0.2, 0) is 0 Å². The molecule has 19 heavy (non-hydrogen) atoms. The van der Waals surface area contributed by atoms with Gasteiger partial charge in [0.05, 0.1) is 0 Å². The lowest BCUT2D eigenvalue weighted by molar-refractivity contribution is 0.331. The third kappa shape index (κ3) is 3.80. The number of hydrogen-bond acceptors (Lipinski definition) is 1.